The summed E-state index contributed by atoms with van der Waals surface area (Å²) in [4.78, 5) is 6.96. The molecule has 2 heterocycles. The predicted molar refractivity (Wildman–Crippen MR) is 115 cm³/mol. The van der Waals surface area contributed by atoms with Gasteiger partial charge in [-0.05, 0) is 43.2 Å². The molecular weight excluding hydrogens is 404 g/mol. The summed E-state index contributed by atoms with van der Waals surface area (Å²) >= 11 is 0. The van der Waals surface area contributed by atoms with Gasteiger partial charge in [0, 0.05) is 30.7 Å². The fourth-order valence-corrected chi connectivity index (χ4v) is 5.27. The van der Waals surface area contributed by atoms with Gasteiger partial charge in [-0.2, -0.15) is 0 Å². The molecule has 3 aromatic rings. The highest BCUT2D eigenvalue weighted by molar-refractivity contribution is 7.91. The van der Waals surface area contributed by atoms with Gasteiger partial charge in [-0.3, -0.25) is 4.98 Å². The minimum Gasteiger partial charge on any atom is -0.497 e. The van der Waals surface area contributed by atoms with Crippen molar-refractivity contribution in [1.29, 1.82) is 0 Å². The van der Waals surface area contributed by atoms with Crippen molar-refractivity contribution in [2.75, 3.05) is 39.3 Å². The van der Waals surface area contributed by atoms with E-state index in [1.807, 2.05) is 6.07 Å². The quantitative estimate of drug-likeness (QED) is 0.592. The lowest BCUT2D eigenvalue weighted by Crippen LogP contribution is -2.21. The fraction of sp³-hybridized carbons (Fsp3) is 0.318. The molecule has 1 fully saturated rings. The van der Waals surface area contributed by atoms with Gasteiger partial charge in [0.25, 0.3) is 0 Å². The van der Waals surface area contributed by atoms with E-state index in [2.05, 4.69) is 9.88 Å². The minimum absolute atomic E-state index is 0.189. The van der Waals surface area contributed by atoms with E-state index in [4.69, 9.17) is 14.2 Å². The van der Waals surface area contributed by atoms with Crippen LogP contribution in [0.3, 0.4) is 0 Å². The van der Waals surface area contributed by atoms with Gasteiger partial charge in [0.05, 0.1) is 37.4 Å². The van der Waals surface area contributed by atoms with Gasteiger partial charge in [0.1, 0.15) is 10.6 Å². The Morgan fingerprint density at radius 2 is 1.53 bits per heavy atom. The first-order valence-corrected chi connectivity index (χ1v) is 11.2. The summed E-state index contributed by atoms with van der Waals surface area (Å²) in [7, 11) is 0.878. The summed E-state index contributed by atoms with van der Waals surface area (Å²) in [5.74, 6) is 1.68. The first-order chi connectivity index (χ1) is 14.5. The molecule has 7 nitrogen and oxygen atoms in total. The highest BCUT2D eigenvalue weighted by Gasteiger charge is 2.29. The Hall–Kier alpha value is -3.00. The second-order valence-corrected chi connectivity index (χ2v) is 8.99. The number of anilines is 1. The molecule has 2 aromatic carbocycles. The summed E-state index contributed by atoms with van der Waals surface area (Å²) in [6, 6.07) is 9.98. The molecule has 1 aliphatic heterocycles. The lowest BCUT2D eigenvalue weighted by molar-refractivity contribution is 0.356. The van der Waals surface area contributed by atoms with E-state index in [1.54, 1.807) is 51.7 Å². The van der Waals surface area contributed by atoms with Crippen LogP contribution in [0.1, 0.15) is 12.8 Å². The van der Waals surface area contributed by atoms with Crippen LogP contribution in [0.4, 0.5) is 5.69 Å². The molecular formula is C22H24N2O5S. The van der Waals surface area contributed by atoms with Gasteiger partial charge in [-0.15, -0.1) is 0 Å². The standard InChI is InChI=1S/C22H24N2O5S/c1-27-15-6-8-16(9-7-15)30(25,26)21-14-23-18-13-20(29-3)19(28-2)12-17(18)22(21)24-10-4-5-11-24/h6-9,12-14H,4-5,10-11H2,1-3H3. The Morgan fingerprint density at radius 1 is 0.900 bits per heavy atom. The Kier molecular flexibility index (Phi) is 5.42. The van der Waals surface area contributed by atoms with Gasteiger partial charge in [-0.25, -0.2) is 8.42 Å². The molecule has 30 heavy (non-hydrogen) atoms. The van der Waals surface area contributed by atoms with Crippen molar-refractivity contribution in [3.8, 4) is 17.2 Å². The number of ether oxygens (including phenoxy) is 3. The van der Waals surface area contributed by atoms with Crippen LogP contribution in [0.2, 0.25) is 0 Å². The number of pyridine rings is 1. The predicted octanol–water partition coefficient (Wildman–Crippen LogP) is 3.69. The van der Waals surface area contributed by atoms with Crippen LogP contribution in [-0.4, -0.2) is 47.8 Å². The average molecular weight is 429 g/mol. The van der Waals surface area contributed by atoms with Crippen LogP contribution in [0, 0.1) is 0 Å². The molecule has 1 saturated heterocycles. The monoisotopic (exact) mass is 428 g/mol. The summed E-state index contributed by atoms with van der Waals surface area (Å²) < 4.78 is 43.1. The van der Waals surface area contributed by atoms with Crippen molar-refractivity contribution in [3.05, 3.63) is 42.6 Å². The Morgan fingerprint density at radius 3 is 2.13 bits per heavy atom. The third kappa shape index (κ3) is 3.41. The molecule has 0 amide bonds. The van der Waals surface area contributed by atoms with Crippen molar-refractivity contribution >= 4 is 26.4 Å². The maximum absolute atomic E-state index is 13.6. The zero-order chi connectivity index (χ0) is 21.3. The zero-order valence-electron chi connectivity index (χ0n) is 17.2. The van der Waals surface area contributed by atoms with Crippen LogP contribution in [0.25, 0.3) is 10.9 Å². The van der Waals surface area contributed by atoms with E-state index in [-0.39, 0.29) is 9.79 Å². The van der Waals surface area contributed by atoms with E-state index in [9.17, 15) is 8.42 Å². The molecule has 8 heteroatoms. The van der Waals surface area contributed by atoms with Crippen molar-refractivity contribution in [2.24, 2.45) is 0 Å². The summed E-state index contributed by atoms with van der Waals surface area (Å²) in [6.07, 6.45) is 3.47. The van der Waals surface area contributed by atoms with Gasteiger partial charge in [0.15, 0.2) is 11.5 Å². The van der Waals surface area contributed by atoms with Gasteiger partial charge < -0.3 is 19.1 Å². The molecule has 0 aliphatic carbocycles. The number of hydrogen-bond donors (Lipinski definition) is 0. The topological polar surface area (TPSA) is 78.0 Å². The molecule has 158 valence electrons. The Labute approximate surface area is 176 Å². The van der Waals surface area contributed by atoms with E-state index in [0.717, 1.165) is 31.3 Å². The lowest BCUT2D eigenvalue weighted by Gasteiger charge is -2.24. The number of methoxy groups -OCH3 is 3. The van der Waals surface area contributed by atoms with E-state index >= 15 is 0 Å². The van der Waals surface area contributed by atoms with Crippen LogP contribution in [0.15, 0.2) is 52.4 Å². The highest BCUT2D eigenvalue weighted by atomic mass is 32.2. The summed E-state index contributed by atoms with van der Waals surface area (Å²) in [6.45, 7) is 1.58. The third-order valence-electron chi connectivity index (χ3n) is 5.39. The van der Waals surface area contributed by atoms with Crippen LogP contribution >= 0.6 is 0 Å². The summed E-state index contributed by atoms with van der Waals surface area (Å²) in [5.41, 5.74) is 1.32. The normalized spacial score (nSPS) is 14.2. The molecule has 0 spiro atoms. The largest absolute Gasteiger partial charge is 0.497 e. The van der Waals surface area contributed by atoms with Crippen LogP contribution in [-0.2, 0) is 9.84 Å². The number of rotatable bonds is 6. The molecule has 1 aliphatic rings. The first kappa shape index (κ1) is 20.3. The van der Waals surface area contributed by atoms with Gasteiger partial charge in [-0.1, -0.05) is 0 Å². The molecule has 4 rings (SSSR count). The number of sulfone groups is 1. The lowest BCUT2D eigenvalue weighted by atomic mass is 10.1. The van der Waals surface area contributed by atoms with Gasteiger partial charge >= 0.3 is 0 Å². The van der Waals surface area contributed by atoms with Crippen molar-refractivity contribution in [1.82, 2.24) is 4.98 Å². The second kappa shape index (κ2) is 8.02. The zero-order valence-corrected chi connectivity index (χ0v) is 18.0. The van der Waals surface area contributed by atoms with Crippen molar-refractivity contribution in [3.63, 3.8) is 0 Å². The molecule has 0 N–H and O–H groups in total. The Balaban J connectivity index is 1.97. The second-order valence-electron chi connectivity index (χ2n) is 7.07. The SMILES string of the molecule is COc1ccc(S(=O)(=O)c2cnc3cc(OC)c(OC)cc3c2N2CCCC2)cc1. The number of nitrogens with zero attached hydrogens (tertiary/aromatic N) is 2. The minimum atomic E-state index is -3.79. The third-order valence-corrected chi connectivity index (χ3v) is 7.16. The maximum Gasteiger partial charge on any atom is 0.210 e. The van der Waals surface area contributed by atoms with Crippen LogP contribution in [0.5, 0.6) is 17.2 Å². The average Bonchev–Trinajstić information content (AvgIpc) is 3.31. The number of benzene rings is 2. The molecule has 0 saturated carbocycles. The number of fused-ring (bicyclic) bond motifs is 1. The number of hydrogen-bond acceptors (Lipinski definition) is 7. The molecule has 0 bridgehead atoms. The summed E-state index contributed by atoms with van der Waals surface area (Å²) in [5, 5.41) is 0.726. The van der Waals surface area contributed by atoms with Crippen LogP contribution < -0.4 is 19.1 Å². The molecule has 0 radical (unpaired) electrons. The Bertz CT molecular complexity index is 1170. The molecule has 0 atom stereocenters. The van der Waals surface area contributed by atoms with Crippen molar-refractivity contribution in [2.45, 2.75) is 22.6 Å². The first-order valence-electron chi connectivity index (χ1n) is 9.68. The fourth-order valence-electron chi connectivity index (χ4n) is 3.83. The smallest absolute Gasteiger partial charge is 0.210 e. The van der Waals surface area contributed by atoms with E-state index in [1.165, 1.54) is 6.20 Å². The van der Waals surface area contributed by atoms with Crippen molar-refractivity contribution < 1.29 is 22.6 Å². The van der Waals surface area contributed by atoms with E-state index < -0.39 is 9.84 Å². The van der Waals surface area contributed by atoms with E-state index in [0.29, 0.717) is 28.5 Å². The molecule has 0 unspecified atom stereocenters. The van der Waals surface area contributed by atoms with Gasteiger partial charge in [0.2, 0.25) is 9.84 Å². The maximum atomic E-state index is 13.6. The highest BCUT2D eigenvalue weighted by Crippen LogP contribution is 2.41. The number of aromatic nitrogens is 1. The molecule has 1 aromatic heterocycles.